The lowest BCUT2D eigenvalue weighted by molar-refractivity contribution is -0.120. The highest BCUT2D eigenvalue weighted by atomic mass is 35.5. The lowest BCUT2D eigenvalue weighted by Gasteiger charge is -2.19. The van der Waals surface area contributed by atoms with Crippen LogP contribution < -0.4 is 4.90 Å². The number of hydrogen-bond donors (Lipinski definition) is 0. The van der Waals surface area contributed by atoms with Crippen LogP contribution in [0.2, 0.25) is 5.02 Å². The second-order valence-corrected chi connectivity index (χ2v) is 7.15. The number of benzene rings is 2. The highest BCUT2D eigenvalue weighted by Crippen LogP contribution is 2.33. The van der Waals surface area contributed by atoms with E-state index in [1.54, 1.807) is 23.1 Å². The second-order valence-electron chi connectivity index (χ2n) is 6.34. The van der Waals surface area contributed by atoms with E-state index < -0.39 is 11.2 Å². The molecular formula is C19H14Cl2N2O3. The lowest BCUT2D eigenvalue weighted by atomic mass is 10.1. The zero-order chi connectivity index (χ0) is 18.4. The van der Waals surface area contributed by atoms with Gasteiger partial charge in [-0.15, -0.1) is 0 Å². The number of aromatic nitrogens is 1. The number of aryl methyl sites for hydroxylation is 1. The van der Waals surface area contributed by atoms with Gasteiger partial charge in [0.05, 0.1) is 5.92 Å². The number of carbonyl (C=O) groups excluding carboxylic acids is 2. The predicted octanol–water partition coefficient (Wildman–Crippen LogP) is 4.57. The smallest absolute Gasteiger partial charge is 0.227 e. The van der Waals surface area contributed by atoms with Gasteiger partial charge in [-0.25, -0.2) is 4.98 Å². The normalized spacial score (nSPS) is 17.3. The van der Waals surface area contributed by atoms with E-state index in [4.69, 9.17) is 27.6 Å². The van der Waals surface area contributed by atoms with Crippen molar-refractivity contribution in [3.05, 3.63) is 47.0 Å². The molecule has 132 valence electrons. The Morgan fingerprint density at radius 2 is 2.08 bits per heavy atom. The highest BCUT2D eigenvalue weighted by Gasteiger charge is 2.35. The average molecular weight is 389 g/mol. The Morgan fingerprint density at radius 1 is 1.27 bits per heavy atom. The molecule has 0 aliphatic carbocycles. The fourth-order valence-corrected chi connectivity index (χ4v) is 3.46. The van der Waals surface area contributed by atoms with E-state index in [9.17, 15) is 9.59 Å². The molecule has 1 aliphatic rings. The number of amides is 1. The van der Waals surface area contributed by atoms with Gasteiger partial charge in [-0.2, -0.15) is 0 Å². The van der Waals surface area contributed by atoms with Gasteiger partial charge in [-0.05, 0) is 54.4 Å². The molecule has 0 spiro atoms. The first-order valence-electron chi connectivity index (χ1n) is 8.09. The summed E-state index contributed by atoms with van der Waals surface area (Å²) in [5.41, 5.74) is 3.69. The Hall–Kier alpha value is -2.37. The summed E-state index contributed by atoms with van der Waals surface area (Å²) >= 11 is 11.6. The fraction of sp³-hybridized carbons (Fsp3) is 0.211. The minimum Gasteiger partial charge on any atom is -0.436 e. The van der Waals surface area contributed by atoms with Gasteiger partial charge >= 0.3 is 0 Å². The number of hydrogen-bond acceptors (Lipinski definition) is 4. The number of oxazole rings is 1. The van der Waals surface area contributed by atoms with Crippen LogP contribution in [0.15, 0.2) is 40.8 Å². The van der Waals surface area contributed by atoms with Crippen LogP contribution in [0.5, 0.6) is 0 Å². The zero-order valence-corrected chi connectivity index (χ0v) is 15.3. The molecular weight excluding hydrogens is 375 g/mol. The monoisotopic (exact) mass is 388 g/mol. The molecule has 0 bridgehead atoms. The Kier molecular flexibility index (Phi) is 4.21. The van der Waals surface area contributed by atoms with Crippen LogP contribution in [0.1, 0.15) is 12.0 Å². The van der Waals surface area contributed by atoms with Crippen molar-refractivity contribution in [3.63, 3.8) is 0 Å². The molecule has 1 amide bonds. The van der Waals surface area contributed by atoms with Gasteiger partial charge in [-0.3, -0.25) is 9.59 Å². The standard InChI is InChI=1S/C19H14Cl2N2O3/c1-10-2-3-11(19-22-14-8-13(20)4-5-16(14)26-19)6-15(10)23-9-12(18(21)25)7-17(23)24/h2-6,8,12H,7,9H2,1H3/t12-/m0/s1. The third kappa shape index (κ3) is 2.97. The molecule has 1 fully saturated rings. The summed E-state index contributed by atoms with van der Waals surface area (Å²) in [6.45, 7) is 2.20. The molecule has 2 aromatic carbocycles. The van der Waals surface area contributed by atoms with E-state index in [0.29, 0.717) is 22.0 Å². The van der Waals surface area contributed by atoms with E-state index in [2.05, 4.69) is 4.98 Å². The molecule has 3 aromatic rings. The SMILES string of the molecule is Cc1ccc(-c2nc3cc(Cl)ccc3o2)cc1N1C[C@@H](C(=O)Cl)CC1=O. The number of carbonyl (C=O) groups is 2. The summed E-state index contributed by atoms with van der Waals surface area (Å²) in [7, 11) is 0. The van der Waals surface area contributed by atoms with E-state index in [0.717, 1.165) is 16.8 Å². The predicted molar refractivity (Wildman–Crippen MR) is 101 cm³/mol. The first-order valence-corrected chi connectivity index (χ1v) is 8.85. The number of anilines is 1. The molecule has 2 heterocycles. The fourth-order valence-electron chi connectivity index (χ4n) is 3.15. The maximum atomic E-state index is 12.3. The van der Waals surface area contributed by atoms with E-state index >= 15 is 0 Å². The second kappa shape index (κ2) is 6.41. The van der Waals surface area contributed by atoms with Gasteiger partial charge in [0, 0.05) is 29.2 Å². The molecule has 1 saturated heterocycles. The molecule has 1 aromatic heterocycles. The van der Waals surface area contributed by atoms with Crippen LogP contribution in [0.3, 0.4) is 0 Å². The number of nitrogens with zero attached hydrogens (tertiary/aromatic N) is 2. The van der Waals surface area contributed by atoms with Crippen molar-refractivity contribution < 1.29 is 14.0 Å². The van der Waals surface area contributed by atoms with Crippen LogP contribution >= 0.6 is 23.2 Å². The first kappa shape index (κ1) is 17.1. The van der Waals surface area contributed by atoms with E-state index in [1.807, 2.05) is 25.1 Å². The molecule has 7 heteroatoms. The number of halogens is 2. The Bertz CT molecular complexity index is 1040. The molecule has 5 nitrogen and oxygen atoms in total. The van der Waals surface area contributed by atoms with Gasteiger partial charge in [0.25, 0.3) is 0 Å². The van der Waals surface area contributed by atoms with Crippen molar-refractivity contribution in [2.45, 2.75) is 13.3 Å². The van der Waals surface area contributed by atoms with E-state index in [1.165, 1.54) is 0 Å². The zero-order valence-electron chi connectivity index (χ0n) is 13.8. The third-order valence-electron chi connectivity index (χ3n) is 4.54. The summed E-state index contributed by atoms with van der Waals surface area (Å²) in [6.07, 6.45) is 0.132. The maximum Gasteiger partial charge on any atom is 0.227 e. The highest BCUT2D eigenvalue weighted by molar-refractivity contribution is 6.64. The molecule has 0 radical (unpaired) electrons. The summed E-state index contributed by atoms with van der Waals surface area (Å²) in [5.74, 6) is -0.146. The summed E-state index contributed by atoms with van der Waals surface area (Å²) in [5, 5.41) is 0.104. The van der Waals surface area contributed by atoms with Crippen molar-refractivity contribution in [2.24, 2.45) is 5.92 Å². The van der Waals surface area contributed by atoms with Crippen molar-refractivity contribution in [1.82, 2.24) is 4.98 Å². The van der Waals surface area contributed by atoms with Crippen LogP contribution in [0, 0.1) is 12.8 Å². The lowest BCUT2D eigenvalue weighted by Crippen LogP contribution is -2.26. The van der Waals surface area contributed by atoms with Gasteiger partial charge in [0.1, 0.15) is 5.52 Å². The third-order valence-corrected chi connectivity index (χ3v) is 5.09. The quantitative estimate of drug-likeness (QED) is 0.616. The van der Waals surface area contributed by atoms with Gasteiger partial charge in [0.15, 0.2) is 5.58 Å². The van der Waals surface area contributed by atoms with Gasteiger partial charge < -0.3 is 9.32 Å². The van der Waals surface area contributed by atoms with Crippen LogP contribution in [-0.4, -0.2) is 22.7 Å². The Balaban J connectivity index is 1.74. The maximum absolute atomic E-state index is 12.3. The van der Waals surface area contributed by atoms with Crippen LogP contribution in [-0.2, 0) is 9.59 Å². The minimum atomic E-state index is -0.481. The molecule has 1 aliphatic heterocycles. The van der Waals surface area contributed by atoms with Crippen molar-refractivity contribution in [3.8, 4) is 11.5 Å². The van der Waals surface area contributed by atoms with E-state index in [-0.39, 0.29) is 18.9 Å². The first-order chi connectivity index (χ1) is 12.4. The minimum absolute atomic E-state index is 0.117. The largest absolute Gasteiger partial charge is 0.436 e. The summed E-state index contributed by atoms with van der Waals surface area (Å²) in [4.78, 5) is 29.8. The molecule has 0 saturated carbocycles. The van der Waals surface area contributed by atoms with Gasteiger partial charge in [-0.1, -0.05) is 17.7 Å². The molecule has 1 atom stereocenters. The van der Waals surface area contributed by atoms with Crippen LogP contribution in [0.4, 0.5) is 5.69 Å². The van der Waals surface area contributed by atoms with Crippen molar-refractivity contribution in [2.75, 3.05) is 11.4 Å². The van der Waals surface area contributed by atoms with Gasteiger partial charge in [0.2, 0.25) is 17.0 Å². The topological polar surface area (TPSA) is 63.4 Å². The molecule has 0 N–H and O–H groups in total. The van der Waals surface area contributed by atoms with Crippen LogP contribution in [0.25, 0.3) is 22.6 Å². The van der Waals surface area contributed by atoms with Crippen molar-refractivity contribution in [1.29, 1.82) is 0 Å². The average Bonchev–Trinajstić information content (AvgIpc) is 3.18. The molecule has 0 unspecified atom stereocenters. The summed E-state index contributed by atoms with van der Waals surface area (Å²) < 4.78 is 5.80. The van der Waals surface area contributed by atoms with Crippen molar-refractivity contribution >= 4 is 51.1 Å². The Morgan fingerprint density at radius 3 is 2.81 bits per heavy atom. The molecule has 26 heavy (non-hydrogen) atoms. The number of rotatable bonds is 3. The Labute approximate surface area is 159 Å². The summed E-state index contributed by atoms with van der Waals surface area (Å²) in [6, 6.07) is 10.9. The number of fused-ring (bicyclic) bond motifs is 1. The molecule has 4 rings (SSSR count).